The lowest BCUT2D eigenvalue weighted by Crippen LogP contribution is -2.10. The standard InChI is InChI=1S/C10H9ClN4OS/c1-6(10-12-2-3-17-10)15-9-7(4-16)8(11)13-5-14-9/h2-6H,1H3,(H,13,14,15). The van der Waals surface area contributed by atoms with Crippen LogP contribution in [0.15, 0.2) is 17.9 Å². The van der Waals surface area contributed by atoms with Crippen molar-refractivity contribution in [3.8, 4) is 0 Å². The van der Waals surface area contributed by atoms with Crippen molar-refractivity contribution in [2.24, 2.45) is 0 Å². The molecule has 5 nitrogen and oxygen atoms in total. The molecule has 0 saturated carbocycles. The van der Waals surface area contributed by atoms with Gasteiger partial charge < -0.3 is 5.32 Å². The minimum absolute atomic E-state index is 0.0420. The summed E-state index contributed by atoms with van der Waals surface area (Å²) in [7, 11) is 0. The van der Waals surface area contributed by atoms with Gasteiger partial charge in [0, 0.05) is 11.6 Å². The van der Waals surface area contributed by atoms with E-state index in [-0.39, 0.29) is 16.8 Å². The Kier molecular flexibility index (Phi) is 3.65. The summed E-state index contributed by atoms with van der Waals surface area (Å²) in [6.45, 7) is 1.93. The Hall–Kier alpha value is -1.53. The van der Waals surface area contributed by atoms with E-state index in [1.165, 1.54) is 17.7 Å². The first kappa shape index (κ1) is 11.9. The number of hydrogen-bond donors (Lipinski definition) is 1. The highest BCUT2D eigenvalue weighted by atomic mass is 35.5. The van der Waals surface area contributed by atoms with E-state index in [4.69, 9.17) is 11.6 Å². The Bertz CT molecular complexity index is 517. The first-order valence-electron chi connectivity index (χ1n) is 4.84. The fourth-order valence-electron chi connectivity index (χ4n) is 1.31. The third kappa shape index (κ3) is 2.59. The molecular weight excluding hydrogens is 260 g/mol. The van der Waals surface area contributed by atoms with Crippen LogP contribution in [0.2, 0.25) is 5.15 Å². The van der Waals surface area contributed by atoms with E-state index < -0.39 is 0 Å². The molecule has 2 rings (SSSR count). The fourth-order valence-corrected chi connectivity index (χ4v) is 2.13. The quantitative estimate of drug-likeness (QED) is 0.682. The second kappa shape index (κ2) is 5.20. The second-order valence-corrected chi connectivity index (χ2v) is 4.57. The van der Waals surface area contributed by atoms with Crippen molar-refractivity contribution in [1.29, 1.82) is 0 Å². The lowest BCUT2D eigenvalue weighted by atomic mass is 10.3. The van der Waals surface area contributed by atoms with Crippen molar-refractivity contribution in [1.82, 2.24) is 15.0 Å². The highest BCUT2D eigenvalue weighted by molar-refractivity contribution is 7.09. The lowest BCUT2D eigenvalue weighted by Gasteiger charge is -2.13. The molecule has 1 N–H and O–H groups in total. The van der Waals surface area contributed by atoms with Gasteiger partial charge in [0.15, 0.2) is 6.29 Å². The van der Waals surface area contributed by atoms with E-state index in [0.29, 0.717) is 12.1 Å². The molecule has 2 aromatic rings. The first-order chi connectivity index (χ1) is 8.22. The van der Waals surface area contributed by atoms with Gasteiger partial charge in [-0.2, -0.15) is 0 Å². The third-order valence-electron chi connectivity index (χ3n) is 2.13. The summed E-state index contributed by atoms with van der Waals surface area (Å²) in [5.41, 5.74) is 0.262. The van der Waals surface area contributed by atoms with Gasteiger partial charge in [0.1, 0.15) is 22.3 Å². The first-order valence-corrected chi connectivity index (χ1v) is 6.09. The molecule has 0 radical (unpaired) electrons. The van der Waals surface area contributed by atoms with Gasteiger partial charge in [0.2, 0.25) is 0 Å². The topological polar surface area (TPSA) is 67.8 Å². The molecule has 7 heteroatoms. The zero-order chi connectivity index (χ0) is 12.3. The van der Waals surface area contributed by atoms with Crippen molar-refractivity contribution < 1.29 is 4.79 Å². The van der Waals surface area contributed by atoms with Crippen LogP contribution in [0.25, 0.3) is 0 Å². The van der Waals surface area contributed by atoms with Gasteiger partial charge in [0.25, 0.3) is 0 Å². The molecule has 0 saturated heterocycles. The number of rotatable bonds is 4. The second-order valence-electron chi connectivity index (χ2n) is 3.28. The van der Waals surface area contributed by atoms with Crippen LogP contribution in [0, 0.1) is 0 Å². The molecular formula is C10H9ClN4OS. The SMILES string of the molecule is CC(Nc1ncnc(Cl)c1C=O)c1nccs1. The van der Waals surface area contributed by atoms with Gasteiger partial charge in [-0.3, -0.25) is 4.79 Å². The predicted molar refractivity (Wildman–Crippen MR) is 66.6 cm³/mol. The summed E-state index contributed by atoms with van der Waals surface area (Å²) in [5.74, 6) is 0.419. The van der Waals surface area contributed by atoms with Crippen LogP contribution in [-0.4, -0.2) is 21.2 Å². The van der Waals surface area contributed by atoms with Crippen LogP contribution in [0.3, 0.4) is 0 Å². The van der Waals surface area contributed by atoms with Gasteiger partial charge in [-0.25, -0.2) is 15.0 Å². The molecule has 0 fully saturated rings. The van der Waals surface area contributed by atoms with Crippen LogP contribution < -0.4 is 5.32 Å². The predicted octanol–water partition coefficient (Wildman–Crippen LogP) is 2.57. The van der Waals surface area contributed by atoms with E-state index in [1.54, 1.807) is 6.20 Å². The number of nitrogens with zero attached hydrogens (tertiary/aromatic N) is 3. The molecule has 2 heterocycles. The normalized spacial score (nSPS) is 12.1. The average molecular weight is 269 g/mol. The Labute approximate surface area is 107 Å². The third-order valence-corrected chi connectivity index (χ3v) is 3.39. The van der Waals surface area contributed by atoms with Crippen LogP contribution >= 0.6 is 22.9 Å². The number of halogens is 1. The van der Waals surface area contributed by atoms with Gasteiger partial charge in [0.05, 0.1) is 11.6 Å². The van der Waals surface area contributed by atoms with Crippen LogP contribution in [-0.2, 0) is 0 Å². The zero-order valence-corrected chi connectivity index (χ0v) is 10.5. The number of hydrogen-bond acceptors (Lipinski definition) is 6. The van der Waals surface area contributed by atoms with E-state index in [2.05, 4.69) is 20.3 Å². The maximum absolute atomic E-state index is 10.9. The largest absolute Gasteiger partial charge is 0.360 e. The van der Waals surface area contributed by atoms with Crippen LogP contribution in [0.5, 0.6) is 0 Å². The molecule has 0 aromatic carbocycles. The number of thiazole rings is 1. The molecule has 17 heavy (non-hydrogen) atoms. The number of aromatic nitrogens is 3. The summed E-state index contributed by atoms with van der Waals surface area (Å²) in [6.07, 6.45) is 3.68. The minimum atomic E-state index is -0.0420. The van der Waals surface area contributed by atoms with Crippen molar-refractivity contribution in [3.63, 3.8) is 0 Å². The van der Waals surface area contributed by atoms with E-state index in [1.807, 2.05) is 12.3 Å². The summed E-state index contributed by atoms with van der Waals surface area (Å²) in [4.78, 5) is 22.8. The van der Waals surface area contributed by atoms with Crippen LogP contribution in [0.4, 0.5) is 5.82 Å². The summed E-state index contributed by atoms with van der Waals surface area (Å²) >= 11 is 7.33. The summed E-state index contributed by atoms with van der Waals surface area (Å²) in [5, 5.41) is 6.03. The number of carbonyl (C=O) groups excluding carboxylic acids is 1. The number of carbonyl (C=O) groups is 1. The molecule has 2 aromatic heterocycles. The highest BCUT2D eigenvalue weighted by Gasteiger charge is 2.13. The van der Waals surface area contributed by atoms with Crippen molar-refractivity contribution in [2.45, 2.75) is 13.0 Å². The van der Waals surface area contributed by atoms with E-state index in [0.717, 1.165) is 5.01 Å². The molecule has 0 bridgehead atoms. The molecule has 0 aliphatic rings. The molecule has 0 amide bonds. The Morgan fingerprint density at radius 2 is 2.29 bits per heavy atom. The van der Waals surface area contributed by atoms with Gasteiger partial charge >= 0.3 is 0 Å². The smallest absolute Gasteiger partial charge is 0.156 e. The maximum Gasteiger partial charge on any atom is 0.156 e. The van der Waals surface area contributed by atoms with Gasteiger partial charge in [-0.05, 0) is 6.92 Å². The van der Waals surface area contributed by atoms with E-state index in [9.17, 15) is 4.79 Å². The Morgan fingerprint density at radius 1 is 1.47 bits per heavy atom. The van der Waals surface area contributed by atoms with Crippen LogP contribution in [0.1, 0.15) is 28.3 Å². The zero-order valence-electron chi connectivity index (χ0n) is 8.92. The maximum atomic E-state index is 10.9. The van der Waals surface area contributed by atoms with E-state index >= 15 is 0 Å². The molecule has 0 spiro atoms. The Morgan fingerprint density at radius 3 is 2.94 bits per heavy atom. The summed E-state index contributed by atoms with van der Waals surface area (Å²) < 4.78 is 0. The molecule has 0 aliphatic carbocycles. The summed E-state index contributed by atoms with van der Waals surface area (Å²) in [6, 6.07) is -0.0420. The monoisotopic (exact) mass is 268 g/mol. The fraction of sp³-hybridized carbons (Fsp3) is 0.200. The Balaban J connectivity index is 2.24. The minimum Gasteiger partial charge on any atom is -0.360 e. The molecule has 88 valence electrons. The highest BCUT2D eigenvalue weighted by Crippen LogP contribution is 2.23. The molecule has 1 unspecified atom stereocenters. The molecule has 1 atom stereocenters. The average Bonchev–Trinajstić information content (AvgIpc) is 2.82. The number of anilines is 1. The van der Waals surface area contributed by atoms with Gasteiger partial charge in [-0.15, -0.1) is 11.3 Å². The van der Waals surface area contributed by atoms with Gasteiger partial charge in [-0.1, -0.05) is 11.6 Å². The number of nitrogens with one attached hydrogen (secondary N) is 1. The van der Waals surface area contributed by atoms with Crippen molar-refractivity contribution >= 4 is 35.0 Å². The van der Waals surface area contributed by atoms with Crippen molar-refractivity contribution in [3.05, 3.63) is 33.6 Å². The van der Waals surface area contributed by atoms with Crippen molar-refractivity contribution in [2.75, 3.05) is 5.32 Å². The molecule has 0 aliphatic heterocycles. The number of aldehydes is 1. The lowest BCUT2D eigenvalue weighted by molar-refractivity contribution is 0.112.